The molecule has 2 aliphatic rings. The summed E-state index contributed by atoms with van der Waals surface area (Å²) in [7, 11) is 0. The maximum atomic E-state index is 12.7. The van der Waals surface area contributed by atoms with Crippen LogP contribution in [-0.4, -0.2) is 40.2 Å². The number of amides is 1. The van der Waals surface area contributed by atoms with Crippen LogP contribution in [0.25, 0.3) is 11.3 Å². The van der Waals surface area contributed by atoms with Gasteiger partial charge in [0, 0.05) is 37.1 Å². The fourth-order valence-electron chi connectivity index (χ4n) is 4.13. The van der Waals surface area contributed by atoms with Gasteiger partial charge in [-0.05, 0) is 49.9 Å². The number of aromatic nitrogens is 3. The third-order valence-corrected chi connectivity index (χ3v) is 5.68. The van der Waals surface area contributed by atoms with E-state index in [1.54, 1.807) is 12.4 Å². The molecule has 1 unspecified atom stereocenters. The molecule has 1 saturated carbocycles. The van der Waals surface area contributed by atoms with Crippen molar-refractivity contribution in [2.75, 3.05) is 18.0 Å². The molecular formula is C21H27N5O. The van der Waals surface area contributed by atoms with Crippen LogP contribution in [0, 0.1) is 5.92 Å². The fourth-order valence-corrected chi connectivity index (χ4v) is 4.13. The van der Waals surface area contributed by atoms with Gasteiger partial charge in [-0.15, -0.1) is 10.2 Å². The lowest BCUT2D eigenvalue weighted by Gasteiger charge is -2.34. The van der Waals surface area contributed by atoms with Crippen molar-refractivity contribution in [3.05, 3.63) is 36.7 Å². The lowest BCUT2D eigenvalue weighted by Crippen LogP contribution is -2.46. The predicted molar refractivity (Wildman–Crippen MR) is 105 cm³/mol. The Morgan fingerprint density at radius 3 is 2.67 bits per heavy atom. The molecule has 3 heterocycles. The lowest BCUT2D eigenvalue weighted by atomic mass is 9.93. The van der Waals surface area contributed by atoms with E-state index in [-0.39, 0.29) is 11.8 Å². The highest BCUT2D eigenvalue weighted by Gasteiger charge is 2.28. The molecular weight excluding hydrogens is 338 g/mol. The molecule has 27 heavy (non-hydrogen) atoms. The van der Waals surface area contributed by atoms with Crippen molar-refractivity contribution in [2.45, 2.75) is 51.0 Å². The van der Waals surface area contributed by atoms with Gasteiger partial charge in [0.15, 0.2) is 5.82 Å². The summed E-state index contributed by atoms with van der Waals surface area (Å²) in [5.41, 5.74) is 1.77. The SMILES string of the molecule is O=C(NC1CCCCC1)C1CCCN(c2ccc(-c3cccnc3)nn2)C1. The fraction of sp³-hybridized carbons (Fsp3) is 0.524. The zero-order valence-electron chi connectivity index (χ0n) is 15.7. The first-order valence-electron chi connectivity index (χ1n) is 10.1. The second-order valence-corrected chi connectivity index (χ2v) is 7.65. The molecule has 0 bridgehead atoms. The number of hydrogen-bond donors (Lipinski definition) is 1. The molecule has 0 aromatic carbocycles. The van der Waals surface area contributed by atoms with Crippen LogP contribution in [0.1, 0.15) is 44.9 Å². The van der Waals surface area contributed by atoms with E-state index in [0.717, 1.165) is 55.8 Å². The molecule has 6 nitrogen and oxygen atoms in total. The highest BCUT2D eigenvalue weighted by Crippen LogP contribution is 2.24. The summed E-state index contributed by atoms with van der Waals surface area (Å²) >= 11 is 0. The Hall–Kier alpha value is -2.50. The minimum atomic E-state index is 0.0421. The van der Waals surface area contributed by atoms with Gasteiger partial charge >= 0.3 is 0 Å². The number of rotatable bonds is 4. The van der Waals surface area contributed by atoms with Crippen molar-refractivity contribution in [3.8, 4) is 11.3 Å². The van der Waals surface area contributed by atoms with Crippen LogP contribution < -0.4 is 10.2 Å². The Morgan fingerprint density at radius 1 is 1.04 bits per heavy atom. The summed E-state index contributed by atoms with van der Waals surface area (Å²) in [4.78, 5) is 19.0. The number of anilines is 1. The van der Waals surface area contributed by atoms with Crippen molar-refractivity contribution in [2.24, 2.45) is 5.92 Å². The maximum absolute atomic E-state index is 12.7. The summed E-state index contributed by atoms with van der Waals surface area (Å²) in [6.07, 6.45) is 11.5. The minimum absolute atomic E-state index is 0.0421. The maximum Gasteiger partial charge on any atom is 0.225 e. The molecule has 2 aromatic heterocycles. The van der Waals surface area contributed by atoms with Crippen molar-refractivity contribution in [1.29, 1.82) is 0 Å². The summed E-state index contributed by atoms with van der Waals surface area (Å²) in [5, 5.41) is 12.0. The van der Waals surface area contributed by atoms with Crippen LogP contribution >= 0.6 is 0 Å². The number of nitrogens with zero attached hydrogens (tertiary/aromatic N) is 4. The van der Waals surface area contributed by atoms with E-state index in [0.29, 0.717) is 6.04 Å². The van der Waals surface area contributed by atoms with Gasteiger partial charge in [0.1, 0.15) is 0 Å². The Labute approximate surface area is 160 Å². The van der Waals surface area contributed by atoms with Gasteiger partial charge in [-0.2, -0.15) is 0 Å². The Kier molecular flexibility index (Phi) is 5.61. The van der Waals surface area contributed by atoms with E-state index in [1.165, 1.54) is 19.3 Å². The van der Waals surface area contributed by atoms with Crippen molar-refractivity contribution < 1.29 is 4.79 Å². The first-order valence-corrected chi connectivity index (χ1v) is 10.1. The highest BCUT2D eigenvalue weighted by atomic mass is 16.2. The molecule has 1 aliphatic carbocycles. The number of nitrogens with one attached hydrogen (secondary N) is 1. The molecule has 1 saturated heterocycles. The van der Waals surface area contributed by atoms with Crippen LogP contribution in [0.4, 0.5) is 5.82 Å². The Balaban J connectivity index is 1.38. The molecule has 0 radical (unpaired) electrons. The second kappa shape index (κ2) is 8.46. The minimum Gasteiger partial charge on any atom is -0.354 e. The van der Waals surface area contributed by atoms with Gasteiger partial charge in [0.2, 0.25) is 5.91 Å². The van der Waals surface area contributed by atoms with Crippen LogP contribution in [0.5, 0.6) is 0 Å². The lowest BCUT2D eigenvalue weighted by molar-refractivity contribution is -0.126. The number of hydrogen-bond acceptors (Lipinski definition) is 5. The third-order valence-electron chi connectivity index (χ3n) is 5.68. The molecule has 1 atom stereocenters. The van der Waals surface area contributed by atoms with Gasteiger partial charge in [-0.1, -0.05) is 19.3 Å². The normalized spacial score (nSPS) is 21.0. The molecule has 142 valence electrons. The van der Waals surface area contributed by atoms with Crippen LogP contribution in [-0.2, 0) is 4.79 Å². The average Bonchev–Trinajstić information content (AvgIpc) is 2.75. The molecule has 4 rings (SSSR count). The van der Waals surface area contributed by atoms with Gasteiger partial charge in [-0.25, -0.2) is 0 Å². The van der Waals surface area contributed by atoms with Gasteiger partial charge in [0.05, 0.1) is 11.6 Å². The number of carbonyl (C=O) groups is 1. The monoisotopic (exact) mass is 365 g/mol. The van der Waals surface area contributed by atoms with E-state index in [1.807, 2.05) is 24.3 Å². The van der Waals surface area contributed by atoms with E-state index >= 15 is 0 Å². The molecule has 6 heteroatoms. The standard InChI is InChI=1S/C21H27N5O/c27-21(23-18-8-2-1-3-9-18)17-7-5-13-26(15-17)20-11-10-19(24-25-20)16-6-4-12-22-14-16/h4,6,10-12,14,17-18H,1-3,5,7-9,13,15H2,(H,23,27). The zero-order chi connectivity index (χ0) is 18.5. The first kappa shape index (κ1) is 17.9. The van der Waals surface area contributed by atoms with Crippen LogP contribution in [0.3, 0.4) is 0 Å². The van der Waals surface area contributed by atoms with Crippen molar-refractivity contribution in [1.82, 2.24) is 20.5 Å². The molecule has 1 aliphatic heterocycles. The topological polar surface area (TPSA) is 71.0 Å². The van der Waals surface area contributed by atoms with Gasteiger partial charge in [-0.3, -0.25) is 9.78 Å². The average molecular weight is 365 g/mol. The molecule has 0 spiro atoms. The van der Waals surface area contributed by atoms with E-state index in [2.05, 4.69) is 25.4 Å². The second-order valence-electron chi connectivity index (χ2n) is 7.65. The van der Waals surface area contributed by atoms with Gasteiger partial charge < -0.3 is 10.2 Å². The third kappa shape index (κ3) is 4.43. The number of carbonyl (C=O) groups excluding carboxylic acids is 1. The quantitative estimate of drug-likeness (QED) is 0.901. The smallest absolute Gasteiger partial charge is 0.225 e. The van der Waals surface area contributed by atoms with Gasteiger partial charge in [0.25, 0.3) is 0 Å². The summed E-state index contributed by atoms with van der Waals surface area (Å²) in [5.74, 6) is 1.10. The Bertz CT molecular complexity index is 743. The molecule has 1 amide bonds. The highest BCUT2D eigenvalue weighted by molar-refractivity contribution is 5.79. The van der Waals surface area contributed by atoms with Crippen molar-refractivity contribution >= 4 is 11.7 Å². The summed E-state index contributed by atoms with van der Waals surface area (Å²) in [6.45, 7) is 1.65. The zero-order valence-corrected chi connectivity index (χ0v) is 15.7. The summed E-state index contributed by atoms with van der Waals surface area (Å²) < 4.78 is 0. The predicted octanol–water partition coefficient (Wildman–Crippen LogP) is 3.20. The first-order chi connectivity index (χ1) is 13.3. The van der Waals surface area contributed by atoms with E-state index in [9.17, 15) is 4.79 Å². The Morgan fingerprint density at radius 2 is 1.93 bits per heavy atom. The van der Waals surface area contributed by atoms with E-state index < -0.39 is 0 Å². The molecule has 2 aromatic rings. The number of piperidine rings is 1. The number of pyridine rings is 1. The van der Waals surface area contributed by atoms with E-state index in [4.69, 9.17) is 0 Å². The molecule has 1 N–H and O–H groups in total. The summed E-state index contributed by atoms with van der Waals surface area (Å²) in [6, 6.07) is 8.22. The van der Waals surface area contributed by atoms with Crippen LogP contribution in [0.15, 0.2) is 36.7 Å². The molecule has 2 fully saturated rings. The van der Waals surface area contributed by atoms with Crippen molar-refractivity contribution in [3.63, 3.8) is 0 Å². The largest absolute Gasteiger partial charge is 0.354 e. The van der Waals surface area contributed by atoms with Crippen LogP contribution in [0.2, 0.25) is 0 Å².